The summed E-state index contributed by atoms with van der Waals surface area (Å²) in [6.07, 6.45) is 3.71. The summed E-state index contributed by atoms with van der Waals surface area (Å²) >= 11 is 1.47. The number of aromatic nitrogens is 1. The molecule has 6 nitrogen and oxygen atoms in total. The lowest BCUT2D eigenvalue weighted by Gasteiger charge is -2.47. The van der Waals surface area contributed by atoms with E-state index in [9.17, 15) is 9.59 Å². The van der Waals surface area contributed by atoms with Gasteiger partial charge in [-0.3, -0.25) is 4.79 Å². The molecule has 156 valence electrons. The summed E-state index contributed by atoms with van der Waals surface area (Å²) < 4.78 is 6.56. The molecule has 0 unspecified atom stereocenters. The topological polar surface area (TPSA) is 62.7 Å². The van der Waals surface area contributed by atoms with E-state index < -0.39 is 5.60 Å². The van der Waals surface area contributed by atoms with Crippen LogP contribution in [0.1, 0.15) is 56.3 Å². The van der Waals surface area contributed by atoms with Gasteiger partial charge < -0.3 is 14.5 Å². The average molecular weight is 416 g/mol. The van der Waals surface area contributed by atoms with E-state index in [-0.39, 0.29) is 17.4 Å². The lowest BCUT2D eigenvalue weighted by Crippen LogP contribution is -2.52. The molecule has 0 aliphatic carbocycles. The first-order chi connectivity index (χ1) is 13.7. The normalized spacial score (nSPS) is 19.6. The Kier molecular flexibility index (Phi) is 5.27. The average Bonchev–Trinajstić information content (AvgIpc) is 3.11. The Morgan fingerprint density at radius 2 is 1.79 bits per heavy atom. The summed E-state index contributed by atoms with van der Waals surface area (Å²) in [4.78, 5) is 33.8. The molecular formula is C22H29N3O3S. The van der Waals surface area contributed by atoms with Crippen LogP contribution in [0.15, 0.2) is 24.3 Å². The highest BCUT2D eigenvalue weighted by molar-refractivity contribution is 7.20. The van der Waals surface area contributed by atoms with Gasteiger partial charge in [-0.2, -0.15) is 0 Å². The number of fused-ring (bicyclic) bond motifs is 1. The van der Waals surface area contributed by atoms with Crippen LogP contribution in [0.25, 0.3) is 10.2 Å². The SMILES string of the molecule is CC(C)(C)OC(=O)N1CCC2(CCCN(C(=O)c3nc4ccccc4s3)C2)CC1. The number of amides is 2. The third-order valence-electron chi connectivity index (χ3n) is 5.90. The van der Waals surface area contributed by atoms with E-state index in [2.05, 4.69) is 4.98 Å². The molecule has 0 saturated carbocycles. The number of thiazole rings is 1. The van der Waals surface area contributed by atoms with Crippen molar-refractivity contribution in [3.05, 3.63) is 29.3 Å². The van der Waals surface area contributed by atoms with Crippen molar-refractivity contribution in [2.75, 3.05) is 26.2 Å². The molecular weight excluding hydrogens is 386 g/mol. The van der Waals surface area contributed by atoms with Crippen LogP contribution in [0.5, 0.6) is 0 Å². The van der Waals surface area contributed by atoms with E-state index >= 15 is 0 Å². The zero-order valence-electron chi connectivity index (χ0n) is 17.4. The molecule has 2 aliphatic heterocycles. The van der Waals surface area contributed by atoms with Gasteiger partial charge in [0.1, 0.15) is 5.60 Å². The smallest absolute Gasteiger partial charge is 0.410 e. The largest absolute Gasteiger partial charge is 0.444 e. The number of rotatable bonds is 1. The predicted octanol–water partition coefficient (Wildman–Crippen LogP) is 4.55. The lowest BCUT2D eigenvalue weighted by atomic mass is 9.72. The van der Waals surface area contributed by atoms with Crippen LogP contribution in [0, 0.1) is 5.41 Å². The second kappa shape index (κ2) is 7.59. The van der Waals surface area contributed by atoms with Crippen LogP contribution in [-0.2, 0) is 4.74 Å². The number of para-hydroxylation sites is 1. The molecule has 1 aromatic carbocycles. The van der Waals surface area contributed by atoms with Crippen molar-refractivity contribution in [3.63, 3.8) is 0 Å². The maximum Gasteiger partial charge on any atom is 0.410 e. The molecule has 29 heavy (non-hydrogen) atoms. The Hall–Kier alpha value is -2.15. The van der Waals surface area contributed by atoms with Gasteiger partial charge >= 0.3 is 6.09 Å². The molecule has 0 atom stereocenters. The standard InChI is InChI=1S/C22H29N3O3S/c1-21(2,3)28-20(27)24-13-10-22(11-14-24)9-6-12-25(15-22)19(26)18-23-16-7-4-5-8-17(16)29-18/h4-5,7-8H,6,9-15H2,1-3H3. The molecule has 2 saturated heterocycles. The van der Waals surface area contributed by atoms with Gasteiger partial charge in [-0.05, 0) is 64.0 Å². The van der Waals surface area contributed by atoms with E-state index in [1.807, 2.05) is 54.8 Å². The predicted molar refractivity (Wildman–Crippen MR) is 114 cm³/mol. The van der Waals surface area contributed by atoms with Crippen molar-refractivity contribution < 1.29 is 14.3 Å². The highest BCUT2D eigenvalue weighted by atomic mass is 32.1. The maximum atomic E-state index is 13.1. The number of piperidine rings is 2. The molecule has 2 fully saturated rings. The Labute approximate surface area is 175 Å². The summed E-state index contributed by atoms with van der Waals surface area (Å²) in [5, 5.41) is 0.578. The molecule has 2 aromatic rings. The summed E-state index contributed by atoms with van der Waals surface area (Å²) in [7, 11) is 0. The first-order valence-corrected chi connectivity index (χ1v) is 11.2. The van der Waals surface area contributed by atoms with E-state index in [1.54, 1.807) is 0 Å². The summed E-state index contributed by atoms with van der Waals surface area (Å²) in [5.74, 6) is 0.0415. The summed E-state index contributed by atoms with van der Waals surface area (Å²) in [5.41, 5.74) is 0.513. The number of likely N-dealkylation sites (tertiary alicyclic amines) is 2. The molecule has 0 N–H and O–H groups in total. The molecule has 2 aliphatic rings. The monoisotopic (exact) mass is 415 g/mol. The summed E-state index contributed by atoms with van der Waals surface area (Å²) in [6, 6.07) is 7.88. The van der Waals surface area contributed by atoms with Crippen LogP contribution in [0.4, 0.5) is 4.79 Å². The molecule has 7 heteroatoms. The maximum absolute atomic E-state index is 13.1. The molecule has 1 aromatic heterocycles. The molecule has 0 radical (unpaired) electrons. The second-order valence-electron chi connectivity index (χ2n) is 9.28. The minimum Gasteiger partial charge on any atom is -0.444 e. The van der Waals surface area contributed by atoms with Crippen molar-refractivity contribution in [3.8, 4) is 0 Å². The third kappa shape index (κ3) is 4.39. The fourth-order valence-corrected chi connectivity index (χ4v) is 5.31. The zero-order valence-corrected chi connectivity index (χ0v) is 18.3. The minimum absolute atomic E-state index is 0.0415. The van der Waals surface area contributed by atoms with E-state index in [0.29, 0.717) is 18.1 Å². The van der Waals surface area contributed by atoms with Crippen LogP contribution in [0.3, 0.4) is 0 Å². The van der Waals surface area contributed by atoms with Crippen molar-refractivity contribution in [1.29, 1.82) is 0 Å². The number of hydrogen-bond acceptors (Lipinski definition) is 5. The fraction of sp³-hybridized carbons (Fsp3) is 0.591. The quantitative estimate of drug-likeness (QED) is 0.685. The molecule has 3 heterocycles. The first-order valence-electron chi connectivity index (χ1n) is 10.4. The highest BCUT2D eigenvalue weighted by Gasteiger charge is 2.41. The minimum atomic E-state index is -0.475. The van der Waals surface area contributed by atoms with Crippen LogP contribution in [0.2, 0.25) is 0 Å². The molecule has 0 bridgehead atoms. The Morgan fingerprint density at radius 3 is 2.48 bits per heavy atom. The summed E-state index contributed by atoms with van der Waals surface area (Å²) in [6.45, 7) is 8.60. The van der Waals surface area contributed by atoms with Gasteiger partial charge in [0.15, 0.2) is 5.01 Å². The Balaban J connectivity index is 1.41. The molecule has 2 amide bonds. The number of benzene rings is 1. The highest BCUT2D eigenvalue weighted by Crippen LogP contribution is 2.40. The van der Waals surface area contributed by atoms with Crippen LogP contribution in [-0.4, -0.2) is 58.6 Å². The molecule has 4 rings (SSSR count). The van der Waals surface area contributed by atoms with Gasteiger partial charge in [-0.25, -0.2) is 9.78 Å². The van der Waals surface area contributed by atoms with Crippen LogP contribution >= 0.6 is 11.3 Å². The number of carbonyl (C=O) groups is 2. The number of carbonyl (C=O) groups excluding carboxylic acids is 2. The van der Waals surface area contributed by atoms with E-state index in [4.69, 9.17) is 4.74 Å². The van der Waals surface area contributed by atoms with Gasteiger partial charge in [0, 0.05) is 26.2 Å². The van der Waals surface area contributed by atoms with E-state index in [1.165, 1.54) is 11.3 Å². The van der Waals surface area contributed by atoms with Crippen molar-refractivity contribution in [2.24, 2.45) is 5.41 Å². The van der Waals surface area contributed by atoms with Gasteiger partial charge in [-0.1, -0.05) is 12.1 Å². The second-order valence-corrected chi connectivity index (χ2v) is 10.3. The zero-order chi connectivity index (χ0) is 20.6. The fourth-order valence-electron chi connectivity index (χ4n) is 4.38. The van der Waals surface area contributed by atoms with Crippen LogP contribution < -0.4 is 0 Å². The van der Waals surface area contributed by atoms with Gasteiger partial charge in [0.25, 0.3) is 5.91 Å². The van der Waals surface area contributed by atoms with Crippen molar-refractivity contribution in [1.82, 2.24) is 14.8 Å². The van der Waals surface area contributed by atoms with Gasteiger partial charge in [0.05, 0.1) is 10.2 Å². The first kappa shape index (κ1) is 20.1. The number of hydrogen-bond donors (Lipinski definition) is 0. The van der Waals surface area contributed by atoms with Gasteiger partial charge in [-0.15, -0.1) is 11.3 Å². The van der Waals surface area contributed by atoms with Crippen molar-refractivity contribution >= 4 is 33.6 Å². The Bertz CT molecular complexity index is 876. The lowest BCUT2D eigenvalue weighted by molar-refractivity contribution is -0.00497. The van der Waals surface area contributed by atoms with Gasteiger partial charge in [0.2, 0.25) is 0 Å². The third-order valence-corrected chi connectivity index (χ3v) is 6.93. The number of ether oxygens (including phenoxy) is 1. The Morgan fingerprint density at radius 1 is 1.07 bits per heavy atom. The number of nitrogens with zero attached hydrogens (tertiary/aromatic N) is 3. The van der Waals surface area contributed by atoms with E-state index in [0.717, 1.165) is 49.0 Å². The van der Waals surface area contributed by atoms with Crippen molar-refractivity contribution in [2.45, 2.75) is 52.1 Å². The molecule has 1 spiro atoms.